The molecule has 0 aromatic rings. The van der Waals surface area contributed by atoms with Crippen molar-refractivity contribution in [3.8, 4) is 0 Å². The van der Waals surface area contributed by atoms with Crippen LogP contribution >= 0.6 is 0 Å². The van der Waals surface area contributed by atoms with Gasteiger partial charge in [0.2, 0.25) is 0 Å². The molecular formula is C9H17NO2. The molecule has 0 radical (unpaired) electrons. The summed E-state index contributed by atoms with van der Waals surface area (Å²) in [6.07, 6.45) is 2.67. The summed E-state index contributed by atoms with van der Waals surface area (Å²) in [7, 11) is 1.79. The van der Waals surface area contributed by atoms with Crippen LogP contribution in [-0.4, -0.2) is 33.0 Å². The molecule has 3 heteroatoms. The summed E-state index contributed by atoms with van der Waals surface area (Å²) in [6.45, 7) is 2.53. The zero-order valence-electron chi connectivity index (χ0n) is 7.58. The van der Waals surface area contributed by atoms with E-state index in [0.717, 1.165) is 32.6 Å². The number of methoxy groups -OCH3 is 1. The van der Waals surface area contributed by atoms with E-state index >= 15 is 0 Å². The van der Waals surface area contributed by atoms with Crippen LogP contribution in [0.25, 0.3) is 0 Å². The van der Waals surface area contributed by atoms with E-state index < -0.39 is 0 Å². The second kappa shape index (κ2) is 2.98. The molecule has 12 heavy (non-hydrogen) atoms. The van der Waals surface area contributed by atoms with Crippen molar-refractivity contribution >= 4 is 0 Å². The van der Waals surface area contributed by atoms with Gasteiger partial charge in [-0.3, -0.25) is 0 Å². The first-order chi connectivity index (χ1) is 5.85. The van der Waals surface area contributed by atoms with Crippen molar-refractivity contribution in [2.24, 2.45) is 17.1 Å². The lowest BCUT2D eigenvalue weighted by Crippen LogP contribution is -2.22. The maximum Gasteiger partial charge on any atom is 0.0679 e. The van der Waals surface area contributed by atoms with Crippen molar-refractivity contribution in [3.63, 3.8) is 0 Å². The predicted octanol–water partition coefficient (Wildman–Crippen LogP) is 0.387. The monoisotopic (exact) mass is 171 g/mol. The van der Waals surface area contributed by atoms with Crippen LogP contribution < -0.4 is 5.73 Å². The van der Waals surface area contributed by atoms with Crippen LogP contribution in [0.4, 0.5) is 0 Å². The molecule has 0 unspecified atom stereocenters. The molecule has 2 fully saturated rings. The Morgan fingerprint density at radius 1 is 1.50 bits per heavy atom. The Labute approximate surface area is 73.2 Å². The average Bonchev–Trinajstić information content (AvgIpc) is 2.73. The summed E-state index contributed by atoms with van der Waals surface area (Å²) in [6, 6.07) is 0. The van der Waals surface area contributed by atoms with E-state index in [4.69, 9.17) is 15.2 Å². The van der Waals surface area contributed by atoms with Crippen LogP contribution in [0.3, 0.4) is 0 Å². The van der Waals surface area contributed by atoms with Crippen LogP contribution in [0.2, 0.25) is 0 Å². The lowest BCUT2D eigenvalue weighted by Gasteiger charge is -2.22. The largest absolute Gasteiger partial charge is 0.381 e. The molecule has 70 valence electrons. The Morgan fingerprint density at radius 3 is 2.58 bits per heavy atom. The fourth-order valence-electron chi connectivity index (χ4n) is 2.70. The second-order valence-electron chi connectivity index (χ2n) is 3.84. The molecule has 2 atom stereocenters. The van der Waals surface area contributed by atoms with E-state index in [1.54, 1.807) is 7.11 Å². The number of ether oxygens (including phenoxy) is 2. The summed E-state index contributed by atoms with van der Waals surface area (Å²) in [5, 5.41) is 0. The van der Waals surface area contributed by atoms with Gasteiger partial charge in [0.25, 0.3) is 0 Å². The van der Waals surface area contributed by atoms with Gasteiger partial charge < -0.3 is 15.2 Å². The average molecular weight is 171 g/mol. The minimum absolute atomic E-state index is 0.391. The van der Waals surface area contributed by atoms with Crippen molar-refractivity contribution in [2.45, 2.75) is 18.9 Å². The molecule has 2 aliphatic rings. The first-order valence-electron chi connectivity index (χ1n) is 4.66. The zero-order chi connectivity index (χ0) is 8.60. The molecule has 1 saturated carbocycles. The van der Waals surface area contributed by atoms with Gasteiger partial charge >= 0.3 is 0 Å². The van der Waals surface area contributed by atoms with Crippen molar-refractivity contribution in [1.82, 2.24) is 0 Å². The highest BCUT2D eigenvalue weighted by molar-refractivity contribution is 5.13. The van der Waals surface area contributed by atoms with Gasteiger partial charge in [0.1, 0.15) is 0 Å². The van der Waals surface area contributed by atoms with Gasteiger partial charge in [-0.2, -0.15) is 0 Å². The van der Waals surface area contributed by atoms with E-state index in [-0.39, 0.29) is 0 Å². The quantitative estimate of drug-likeness (QED) is 0.653. The predicted molar refractivity (Wildman–Crippen MR) is 45.8 cm³/mol. The van der Waals surface area contributed by atoms with Crippen molar-refractivity contribution < 1.29 is 9.47 Å². The molecule has 1 saturated heterocycles. The maximum atomic E-state index is 5.68. The molecule has 1 aliphatic heterocycles. The molecule has 0 aromatic carbocycles. The summed E-state index contributed by atoms with van der Waals surface area (Å²) in [4.78, 5) is 0. The number of rotatable bonds is 2. The third-order valence-corrected chi connectivity index (χ3v) is 3.49. The van der Waals surface area contributed by atoms with Gasteiger partial charge in [-0.05, 0) is 19.4 Å². The van der Waals surface area contributed by atoms with Gasteiger partial charge in [0, 0.05) is 31.7 Å². The summed E-state index contributed by atoms with van der Waals surface area (Å²) >= 11 is 0. The standard InChI is InChI=1S/C9H17NO2/c1-11-8-7(6-10)9(8)2-4-12-5-3-9/h7-8H,2-6,10H2,1H3/t7-,8+/m1/s1. The molecular weight excluding hydrogens is 154 g/mol. The normalized spacial score (nSPS) is 38.5. The van der Waals surface area contributed by atoms with Crippen molar-refractivity contribution in [1.29, 1.82) is 0 Å². The first-order valence-corrected chi connectivity index (χ1v) is 4.66. The van der Waals surface area contributed by atoms with E-state index in [2.05, 4.69) is 0 Å². The zero-order valence-corrected chi connectivity index (χ0v) is 7.58. The second-order valence-corrected chi connectivity index (χ2v) is 3.84. The summed E-state index contributed by atoms with van der Waals surface area (Å²) < 4.78 is 10.8. The molecule has 3 nitrogen and oxygen atoms in total. The van der Waals surface area contributed by atoms with Gasteiger partial charge in [-0.25, -0.2) is 0 Å². The number of hydrogen-bond donors (Lipinski definition) is 1. The molecule has 2 N–H and O–H groups in total. The number of nitrogens with two attached hydrogens (primary N) is 1. The first kappa shape index (κ1) is 8.48. The van der Waals surface area contributed by atoms with Gasteiger partial charge in [-0.15, -0.1) is 0 Å². The summed E-state index contributed by atoms with van der Waals surface area (Å²) in [5.74, 6) is 0.589. The maximum absolute atomic E-state index is 5.68. The van der Waals surface area contributed by atoms with Crippen LogP contribution in [0, 0.1) is 11.3 Å². The lowest BCUT2D eigenvalue weighted by molar-refractivity contribution is 0.0292. The lowest BCUT2D eigenvalue weighted by atomic mass is 9.93. The minimum atomic E-state index is 0.391. The smallest absolute Gasteiger partial charge is 0.0679 e. The molecule has 2 rings (SSSR count). The highest BCUT2D eigenvalue weighted by Crippen LogP contribution is 2.60. The van der Waals surface area contributed by atoms with E-state index in [1.807, 2.05) is 0 Å². The molecule has 0 amide bonds. The van der Waals surface area contributed by atoms with Crippen LogP contribution in [0.1, 0.15) is 12.8 Å². The molecule has 0 aromatic heterocycles. The Bertz CT molecular complexity index is 154. The Kier molecular flexibility index (Phi) is 2.10. The fourth-order valence-corrected chi connectivity index (χ4v) is 2.70. The molecule has 1 spiro atoms. The fraction of sp³-hybridized carbons (Fsp3) is 1.00. The molecule has 1 aliphatic carbocycles. The molecule has 0 bridgehead atoms. The highest BCUT2D eigenvalue weighted by Gasteiger charge is 2.64. The van der Waals surface area contributed by atoms with Crippen molar-refractivity contribution in [2.75, 3.05) is 26.9 Å². The van der Waals surface area contributed by atoms with Crippen LogP contribution in [0.5, 0.6) is 0 Å². The van der Waals surface area contributed by atoms with Gasteiger partial charge in [0.05, 0.1) is 6.10 Å². The third kappa shape index (κ3) is 1.00. The van der Waals surface area contributed by atoms with E-state index in [0.29, 0.717) is 17.4 Å². The van der Waals surface area contributed by atoms with Crippen molar-refractivity contribution in [3.05, 3.63) is 0 Å². The van der Waals surface area contributed by atoms with Crippen LogP contribution in [0.15, 0.2) is 0 Å². The van der Waals surface area contributed by atoms with Gasteiger partial charge in [-0.1, -0.05) is 0 Å². The van der Waals surface area contributed by atoms with E-state index in [9.17, 15) is 0 Å². The topological polar surface area (TPSA) is 44.5 Å². The highest BCUT2D eigenvalue weighted by atomic mass is 16.5. The Morgan fingerprint density at radius 2 is 2.17 bits per heavy atom. The minimum Gasteiger partial charge on any atom is -0.381 e. The Balaban J connectivity index is 2.01. The van der Waals surface area contributed by atoms with E-state index in [1.165, 1.54) is 0 Å². The Hall–Kier alpha value is -0.120. The number of hydrogen-bond acceptors (Lipinski definition) is 3. The van der Waals surface area contributed by atoms with Crippen LogP contribution in [-0.2, 0) is 9.47 Å². The summed E-state index contributed by atoms with van der Waals surface area (Å²) in [5.41, 5.74) is 6.08. The molecule has 1 heterocycles. The SMILES string of the molecule is CO[C@H]1[C@@H](CN)C12CCOCC2. The third-order valence-electron chi connectivity index (χ3n) is 3.49. The van der Waals surface area contributed by atoms with Gasteiger partial charge in [0.15, 0.2) is 0 Å².